The van der Waals surface area contributed by atoms with E-state index in [1.165, 1.54) is 0 Å². The van der Waals surface area contributed by atoms with Gasteiger partial charge in [0.1, 0.15) is 0 Å². The van der Waals surface area contributed by atoms with E-state index < -0.39 is 29.5 Å². The van der Waals surface area contributed by atoms with Gasteiger partial charge in [-0.3, -0.25) is 0 Å². The van der Waals surface area contributed by atoms with Gasteiger partial charge >= 0.3 is 8.41 Å². The van der Waals surface area contributed by atoms with Crippen molar-refractivity contribution >= 4 is 8.41 Å². The standard InChI is InChI=1S/C6H14O2.3C3H7O.B/c1-5(2,7)6(3,4)8;3*1-3(2)4;/h7-8H,1-4H3;3*3H,1-2H3;/q;3*-1;+3. The Balaban J connectivity index is -0.0000000570. The van der Waals surface area contributed by atoms with Crippen molar-refractivity contribution in [2.75, 3.05) is 0 Å². The molecular formula is C15H35BO5. The summed E-state index contributed by atoms with van der Waals surface area (Å²) in [4.78, 5) is 0. The third-order valence-electron chi connectivity index (χ3n) is 1.50. The minimum atomic E-state index is -1.01. The molecule has 128 valence electrons. The molecule has 0 aliphatic heterocycles. The molecule has 0 unspecified atom stereocenters. The summed E-state index contributed by atoms with van der Waals surface area (Å²) in [7, 11) is 0. The Morgan fingerprint density at radius 3 is 0.619 bits per heavy atom. The maximum absolute atomic E-state index is 9.53. The SMILES string of the molecule is CC(C)(O)C(C)(C)O.CC(C)[O-].CC(C)[O-].CC(C)[O-].[B+3]. The van der Waals surface area contributed by atoms with Crippen molar-refractivity contribution in [3.63, 3.8) is 0 Å². The summed E-state index contributed by atoms with van der Waals surface area (Å²) in [6, 6.07) is 0. The monoisotopic (exact) mass is 306 g/mol. The first kappa shape index (κ1) is 32.7. The fourth-order valence-electron chi connectivity index (χ4n) is 0. The van der Waals surface area contributed by atoms with Crippen LogP contribution >= 0.6 is 0 Å². The predicted molar refractivity (Wildman–Crippen MR) is 83.8 cm³/mol. The average Bonchev–Trinajstić information content (AvgIpc) is 1.94. The van der Waals surface area contributed by atoms with Gasteiger partial charge in [0.25, 0.3) is 0 Å². The van der Waals surface area contributed by atoms with Gasteiger partial charge in [-0.05, 0) is 27.7 Å². The predicted octanol–water partition coefficient (Wildman–Crippen LogP) is -0.587. The number of hydrogen-bond acceptors (Lipinski definition) is 5. The summed E-state index contributed by atoms with van der Waals surface area (Å²) in [5, 5.41) is 46.8. The molecule has 0 spiro atoms. The smallest absolute Gasteiger partial charge is 0.852 e. The summed E-state index contributed by atoms with van der Waals surface area (Å²) in [5.41, 5.74) is -2.01. The molecule has 0 amide bonds. The van der Waals surface area contributed by atoms with E-state index in [1.807, 2.05) is 0 Å². The summed E-state index contributed by atoms with van der Waals surface area (Å²) in [5.74, 6) is 0. The Labute approximate surface area is 133 Å². The Morgan fingerprint density at radius 2 is 0.619 bits per heavy atom. The normalized spacial score (nSPS) is 10.6. The maximum Gasteiger partial charge on any atom is 3.00 e. The van der Waals surface area contributed by atoms with Crippen LogP contribution in [0.3, 0.4) is 0 Å². The summed E-state index contributed by atoms with van der Waals surface area (Å²) in [6.45, 7) is 16.0. The quantitative estimate of drug-likeness (QED) is 0.629. The van der Waals surface area contributed by atoms with Crippen molar-refractivity contribution < 1.29 is 25.5 Å². The van der Waals surface area contributed by atoms with Crippen LogP contribution in [0.15, 0.2) is 0 Å². The van der Waals surface area contributed by atoms with Crippen LogP contribution in [0.1, 0.15) is 69.2 Å². The van der Waals surface area contributed by atoms with Crippen LogP contribution in [-0.2, 0) is 0 Å². The molecular weight excluding hydrogens is 271 g/mol. The van der Waals surface area contributed by atoms with E-state index in [4.69, 9.17) is 10.2 Å². The van der Waals surface area contributed by atoms with Gasteiger partial charge < -0.3 is 25.5 Å². The molecule has 0 aromatic rings. The molecule has 0 rings (SSSR count). The molecule has 0 heterocycles. The van der Waals surface area contributed by atoms with Gasteiger partial charge in [0.05, 0.1) is 11.2 Å². The van der Waals surface area contributed by atoms with Crippen LogP contribution in [0.5, 0.6) is 0 Å². The van der Waals surface area contributed by atoms with E-state index in [0.717, 1.165) is 0 Å². The molecule has 0 saturated heterocycles. The largest absolute Gasteiger partial charge is 3.00 e. The van der Waals surface area contributed by atoms with Crippen LogP contribution in [-0.4, -0.2) is 48.1 Å². The zero-order valence-corrected chi connectivity index (χ0v) is 15.4. The maximum atomic E-state index is 9.53. The molecule has 0 aliphatic carbocycles. The molecule has 5 nitrogen and oxygen atoms in total. The van der Waals surface area contributed by atoms with Crippen molar-refractivity contribution in [1.82, 2.24) is 0 Å². The fourth-order valence-corrected chi connectivity index (χ4v) is 0. The molecule has 0 bridgehead atoms. The topological polar surface area (TPSA) is 110 Å². The first-order chi connectivity index (χ1) is 8.45. The van der Waals surface area contributed by atoms with E-state index in [0.29, 0.717) is 0 Å². The Bertz CT molecular complexity index is 147. The van der Waals surface area contributed by atoms with Gasteiger partial charge in [-0.1, -0.05) is 41.5 Å². The average molecular weight is 306 g/mol. The van der Waals surface area contributed by atoms with Crippen LogP contribution in [0.2, 0.25) is 0 Å². The summed E-state index contributed by atoms with van der Waals surface area (Å²) in [6.07, 6.45) is -1.25. The van der Waals surface area contributed by atoms with Crippen molar-refractivity contribution in [1.29, 1.82) is 0 Å². The molecule has 0 atom stereocenters. The third kappa shape index (κ3) is 80.7. The van der Waals surface area contributed by atoms with Crippen molar-refractivity contribution in [3.05, 3.63) is 0 Å². The van der Waals surface area contributed by atoms with E-state index in [1.54, 1.807) is 69.2 Å². The molecule has 0 aromatic heterocycles. The molecule has 6 heteroatoms. The third-order valence-corrected chi connectivity index (χ3v) is 1.50. The van der Waals surface area contributed by atoms with E-state index in [-0.39, 0.29) is 8.41 Å². The molecule has 0 aromatic carbocycles. The molecule has 0 radical (unpaired) electrons. The Kier molecular flexibility index (Phi) is 25.3. The second-order valence-corrected chi connectivity index (χ2v) is 6.26. The first-order valence-electron chi connectivity index (χ1n) is 6.87. The van der Waals surface area contributed by atoms with Crippen molar-refractivity contribution in [2.45, 2.75) is 98.8 Å². The second-order valence-electron chi connectivity index (χ2n) is 6.26. The number of rotatable bonds is 1. The zero-order chi connectivity index (χ0) is 17.7. The number of hydrogen-bond donors (Lipinski definition) is 2. The second kappa shape index (κ2) is 16.2. The minimum Gasteiger partial charge on any atom is -0.852 e. The van der Waals surface area contributed by atoms with Crippen LogP contribution in [0.25, 0.3) is 0 Å². The van der Waals surface area contributed by atoms with Crippen molar-refractivity contribution in [3.8, 4) is 0 Å². The fraction of sp³-hybridized carbons (Fsp3) is 1.00. The van der Waals surface area contributed by atoms with Crippen molar-refractivity contribution in [2.24, 2.45) is 0 Å². The Morgan fingerprint density at radius 1 is 0.571 bits per heavy atom. The van der Waals surface area contributed by atoms with Crippen LogP contribution in [0, 0.1) is 0 Å². The molecule has 21 heavy (non-hydrogen) atoms. The molecule has 0 aliphatic rings. The van der Waals surface area contributed by atoms with E-state index in [2.05, 4.69) is 0 Å². The Hall–Kier alpha value is -0.135. The van der Waals surface area contributed by atoms with Gasteiger partial charge in [-0.25, -0.2) is 0 Å². The molecule has 0 fully saturated rings. The van der Waals surface area contributed by atoms with Gasteiger partial charge in [-0.2, -0.15) is 0 Å². The minimum absolute atomic E-state index is 0. The summed E-state index contributed by atoms with van der Waals surface area (Å²) >= 11 is 0. The van der Waals surface area contributed by atoms with Gasteiger partial charge in [-0.15, -0.1) is 18.3 Å². The van der Waals surface area contributed by atoms with Gasteiger partial charge in [0.2, 0.25) is 0 Å². The first-order valence-corrected chi connectivity index (χ1v) is 6.87. The van der Waals surface area contributed by atoms with E-state index in [9.17, 15) is 15.3 Å². The van der Waals surface area contributed by atoms with Gasteiger partial charge in [0.15, 0.2) is 0 Å². The molecule has 2 N–H and O–H groups in total. The van der Waals surface area contributed by atoms with Crippen LogP contribution < -0.4 is 15.3 Å². The zero-order valence-electron chi connectivity index (χ0n) is 15.4. The van der Waals surface area contributed by atoms with Gasteiger partial charge in [0, 0.05) is 0 Å². The summed E-state index contributed by atoms with van der Waals surface area (Å²) < 4.78 is 0. The molecule has 0 saturated carbocycles. The number of aliphatic hydroxyl groups is 2. The van der Waals surface area contributed by atoms with Crippen LogP contribution in [0.4, 0.5) is 0 Å². The van der Waals surface area contributed by atoms with E-state index >= 15 is 0 Å².